The van der Waals surface area contributed by atoms with E-state index in [0.29, 0.717) is 17.9 Å². The third-order valence-corrected chi connectivity index (χ3v) is 5.36. The Bertz CT molecular complexity index is 1130. The Hall–Kier alpha value is -3.49. The van der Waals surface area contributed by atoms with E-state index in [1.54, 1.807) is 7.11 Å². The predicted molar refractivity (Wildman–Crippen MR) is 121 cm³/mol. The Morgan fingerprint density at radius 1 is 1.26 bits per heavy atom. The van der Waals surface area contributed by atoms with Gasteiger partial charge in [-0.2, -0.15) is 0 Å². The Kier molecular flexibility index (Phi) is 5.83. The van der Waals surface area contributed by atoms with Crippen LogP contribution in [0.15, 0.2) is 55.0 Å². The van der Waals surface area contributed by atoms with Gasteiger partial charge in [-0.05, 0) is 36.8 Å². The first kappa shape index (κ1) is 20.8. The number of rotatable bonds is 7. The van der Waals surface area contributed by atoms with Crippen LogP contribution in [-0.2, 0) is 11.3 Å². The van der Waals surface area contributed by atoms with Crippen LogP contribution >= 0.6 is 0 Å². The summed E-state index contributed by atoms with van der Waals surface area (Å²) in [4.78, 5) is 21.0. The van der Waals surface area contributed by atoms with Crippen molar-refractivity contribution in [3.8, 4) is 11.1 Å². The Labute approximate surface area is 181 Å². The molecule has 8 heteroatoms. The lowest BCUT2D eigenvalue weighted by atomic mass is 10.0. The maximum absolute atomic E-state index is 12.2. The maximum Gasteiger partial charge on any atom is 0.252 e. The highest BCUT2D eigenvalue weighted by molar-refractivity contribution is 6.07. The molecule has 4 N–H and O–H groups in total. The number of fused-ring (bicyclic) bond motifs is 1. The molecule has 1 aliphatic rings. The van der Waals surface area contributed by atoms with Crippen molar-refractivity contribution in [2.75, 3.05) is 19.5 Å². The van der Waals surface area contributed by atoms with Gasteiger partial charge >= 0.3 is 0 Å². The fourth-order valence-corrected chi connectivity index (χ4v) is 3.68. The van der Waals surface area contributed by atoms with E-state index in [0.717, 1.165) is 27.7 Å². The number of nitrogens with zero attached hydrogens (tertiary/aromatic N) is 3. The number of pyridine rings is 2. The van der Waals surface area contributed by atoms with Gasteiger partial charge in [0.2, 0.25) is 0 Å². The van der Waals surface area contributed by atoms with Gasteiger partial charge < -0.3 is 20.8 Å². The molecule has 2 aromatic heterocycles. The molecule has 3 heterocycles. The third kappa shape index (κ3) is 4.35. The SMILES string of the molecule is COCc1ccc(-c2ccc3ncc(C(N)=O)c(NC(C)C4C=CN(C)N4)c3c2)cn1. The van der Waals surface area contributed by atoms with Crippen molar-refractivity contribution >= 4 is 22.5 Å². The number of primary amides is 1. The number of nitrogens with one attached hydrogen (secondary N) is 2. The summed E-state index contributed by atoms with van der Waals surface area (Å²) < 4.78 is 5.13. The summed E-state index contributed by atoms with van der Waals surface area (Å²) in [5, 5.41) is 6.22. The van der Waals surface area contributed by atoms with E-state index in [-0.39, 0.29) is 12.1 Å². The quantitative estimate of drug-likeness (QED) is 0.542. The molecule has 3 aromatic rings. The van der Waals surface area contributed by atoms with Crippen LogP contribution < -0.4 is 16.5 Å². The lowest BCUT2D eigenvalue weighted by Crippen LogP contribution is -2.42. The molecule has 0 aliphatic carbocycles. The van der Waals surface area contributed by atoms with Gasteiger partial charge in [0.05, 0.1) is 35.1 Å². The first-order chi connectivity index (χ1) is 15.0. The van der Waals surface area contributed by atoms with Gasteiger partial charge in [0.1, 0.15) is 0 Å². The van der Waals surface area contributed by atoms with Gasteiger partial charge in [0, 0.05) is 49.7 Å². The number of hydrazine groups is 1. The molecule has 2 unspecified atom stereocenters. The van der Waals surface area contributed by atoms with Crippen molar-refractivity contribution in [1.82, 2.24) is 20.4 Å². The van der Waals surface area contributed by atoms with Crippen molar-refractivity contribution in [2.45, 2.75) is 25.6 Å². The molecule has 31 heavy (non-hydrogen) atoms. The smallest absolute Gasteiger partial charge is 0.252 e. The van der Waals surface area contributed by atoms with Crippen LogP contribution in [0.1, 0.15) is 23.0 Å². The molecule has 1 aromatic carbocycles. The molecule has 0 saturated carbocycles. The number of hydrogen-bond donors (Lipinski definition) is 3. The minimum absolute atomic E-state index is 0.00329. The summed E-state index contributed by atoms with van der Waals surface area (Å²) in [6.45, 7) is 2.52. The molecule has 0 saturated heterocycles. The average molecular weight is 419 g/mol. The van der Waals surface area contributed by atoms with Gasteiger partial charge in [-0.15, -0.1) is 0 Å². The molecule has 0 bridgehead atoms. The van der Waals surface area contributed by atoms with E-state index in [4.69, 9.17) is 10.5 Å². The first-order valence-electron chi connectivity index (χ1n) is 10.1. The number of carbonyl (C=O) groups excluding carboxylic acids is 1. The Balaban J connectivity index is 1.75. The van der Waals surface area contributed by atoms with Crippen molar-refractivity contribution < 1.29 is 9.53 Å². The molecule has 160 valence electrons. The zero-order chi connectivity index (χ0) is 22.0. The largest absolute Gasteiger partial charge is 0.379 e. The molecule has 1 aliphatic heterocycles. The van der Waals surface area contributed by atoms with Crippen LogP contribution in [0.5, 0.6) is 0 Å². The van der Waals surface area contributed by atoms with E-state index in [9.17, 15) is 4.79 Å². The standard InChI is InChI=1S/C23H26N6O2/c1-14(20-8-9-29(2)28-20)27-22-18-10-15(16-4-6-17(13-31-3)25-11-16)5-7-21(18)26-12-19(22)23(24)30/h4-12,14,20,28H,13H2,1-3H3,(H2,24,30)(H,26,27). The summed E-state index contributed by atoms with van der Waals surface area (Å²) in [5.74, 6) is -0.521. The molecule has 1 amide bonds. The van der Waals surface area contributed by atoms with E-state index < -0.39 is 5.91 Å². The highest BCUT2D eigenvalue weighted by Gasteiger charge is 2.22. The number of nitrogens with two attached hydrogens (primary N) is 1. The van der Waals surface area contributed by atoms with Crippen molar-refractivity contribution in [3.05, 3.63) is 66.3 Å². The minimum atomic E-state index is -0.521. The first-order valence-corrected chi connectivity index (χ1v) is 10.1. The van der Waals surface area contributed by atoms with Gasteiger partial charge in [0.25, 0.3) is 5.91 Å². The number of hydrogen-bond acceptors (Lipinski definition) is 7. The Morgan fingerprint density at radius 3 is 2.71 bits per heavy atom. The molecule has 8 nitrogen and oxygen atoms in total. The predicted octanol–water partition coefficient (Wildman–Crippen LogP) is 2.67. The number of aromatic nitrogens is 2. The van der Waals surface area contributed by atoms with Gasteiger partial charge in [-0.3, -0.25) is 14.8 Å². The highest BCUT2D eigenvalue weighted by atomic mass is 16.5. The second-order valence-electron chi connectivity index (χ2n) is 7.65. The number of carbonyl (C=O) groups is 1. The van der Waals surface area contributed by atoms with Crippen molar-refractivity contribution in [2.24, 2.45) is 5.73 Å². The van der Waals surface area contributed by atoms with Crippen LogP contribution in [0.25, 0.3) is 22.0 Å². The zero-order valence-electron chi connectivity index (χ0n) is 17.8. The molecule has 0 fully saturated rings. The van der Waals surface area contributed by atoms with Crippen LogP contribution in [0.3, 0.4) is 0 Å². The lowest BCUT2D eigenvalue weighted by molar-refractivity contribution is 0.100. The minimum Gasteiger partial charge on any atom is -0.379 e. The van der Waals surface area contributed by atoms with E-state index in [1.165, 1.54) is 6.20 Å². The van der Waals surface area contributed by atoms with Crippen molar-refractivity contribution in [1.29, 1.82) is 0 Å². The number of methoxy groups -OCH3 is 1. The Morgan fingerprint density at radius 2 is 2.06 bits per heavy atom. The monoisotopic (exact) mass is 418 g/mol. The summed E-state index contributed by atoms with van der Waals surface area (Å²) in [6.07, 6.45) is 7.40. The highest BCUT2D eigenvalue weighted by Crippen LogP contribution is 2.31. The fourth-order valence-electron chi connectivity index (χ4n) is 3.68. The fraction of sp³-hybridized carbons (Fsp3) is 0.261. The van der Waals surface area contributed by atoms with Gasteiger partial charge in [0.15, 0.2) is 0 Å². The molecular formula is C23H26N6O2. The van der Waals surface area contributed by atoms with Crippen LogP contribution in [0.4, 0.5) is 5.69 Å². The average Bonchev–Trinajstić information content (AvgIpc) is 3.20. The summed E-state index contributed by atoms with van der Waals surface area (Å²) in [6, 6.07) is 9.98. The second kappa shape index (κ2) is 8.71. The van der Waals surface area contributed by atoms with Crippen LogP contribution in [-0.4, -0.2) is 47.1 Å². The summed E-state index contributed by atoms with van der Waals surface area (Å²) in [5.41, 5.74) is 13.6. The molecule has 4 rings (SSSR count). The third-order valence-electron chi connectivity index (χ3n) is 5.36. The van der Waals surface area contributed by atoms with Crippen molar-refractivity contribution in [3.63, 3.8) is 0 Å². The maximum atomic E-state index is 12.2. The van der Waals surface area contributed by atoms with E-state index in [1.807, 2.05) is 54.8 Å². The van der Waals surface area contributed by atoms with Gasteiger partial charge in [-0.25, -0.2) is 5.43 Å². The summed E-state index contributed by atoms with van der Waals surface area (Å²) in [7, 11) is 3.59. The summed E-state index contributed by atoms with van der Waals surface area (Å²) >= 11 is 0. The van der Waals surface area contributed by atoms with Crippen LogP contribution in [0.2, 0.25) is 0 Å². The topological polar surface area (TPSA) is 105 Å². The number of ether oxygens (including phenoxy) is 1. The number of amides is 1. The second-order valence-corrected chi connectivity index (χ2v) is 7.65. The lowest BCUT2D eigenvalue weighted by Gasteiger charge is -2.25. The van der Waals surface area contributed by atoms with E-state index in [2.05, 4.69) is 33.7 Å². The van der Waals surface area contributed by atoms with Crippen LogP contribution in [0, 0.1) is 0 Å². The molecule has 0 radical (unpaired) electrons. The van der Waals surface area contributed by atoms with Gasteiger partial charge in [-0.1, -0.05) is 12.1 Å². The van der Waals surface area contributed by atoms with E-state index >= 15 is 0 Å². The zero-order valence-corrected chi connectivity index (χ0v) is 17.8. The number of anilines is 1. The normalized spacial score (nSPS) is 16.6. The molecular weight excluding hydrogens is 392 g/mol. The molecule has 2 atom stereocenters. The number of benzene rings is 1. The molecule has 0 spiro atoms.